The molecule has 0 fully saturated rings. The zero-order valence-corrected chi connectivity index (χ0v) is 70.8. The summed E-state index contributed by atoms with van der Waals surface area (Å²) < 4.78 is 109. The normalized spacial score (nSPS) is 14.7. The van der Waals surface area contributed by atoms with Crippen LogP contribution >= 0.6 is 0 Å². The molecule has 0 N–H and O–H groups in total. The molecule has 5 heterocycles. The average Bonchev–Trinajstić information content (AvgIpc) is 1.60. The lowest BCUT2D eigenvalue weighted by molar-refractivity contribution is -0.0471. The maximum atomic E-state index is 16.1. The van der Waals surface area contributed by atoms with Gasteiger partial charge in [0, 0.05) is 55.6 Å². The van der Waals surface area contributed by atoms with Gasteiger partial charge in [-0.3, -0.25) is 0 Å². The lowest BCUT2D eigenvalue weighted by atomic mass is 9.97. The van der Waals surface area contributed by atoms with Gasteiger partial charge in [0.2, 0.25) is 28.7 Å². The standard InChI is InChI=1S/C111H76O21/c1-106(2,3)132-105(116)75-63-90(100-95(68-75)126-111(131-100,84-55-33-13-34-56-84)85-57-35-14-36-58-85)121-104(115)74-62-89(99-94(67-74)125-110(130-99,82-51-29-11-30-52-82)83-53-31-12-32-54-83)120-103(114)73-61-88(98-93(66-73)124-109(129-98,80-47-25-9-26-48-80)81-49-27-10-28-50-81)119-102(113)72-60-87(97-92(65-72)123-108(128-97,78-43-21-7-22-44-78)79-45-23-8-24-46-79)118-101(112)71-59-86(117-69-70-37-15-4-16-38-70)96-91(64-71)122-107(127-96,76-39-17-5-18-40-76)77-41-19-6-20-42-77/h4-68H,69H2,1-3H3. The smallest absolute Gasteiger partial charge is 0.343 e. The summed E-state index contributed by atoms with van der Waals surface area (Å²) in [5, 5.41) is 0. The first-order chi connectivity index (χ1) is 64.4. The monoisotopic (exact) mass is 1740 g/mol. The van der Waals surface area contributed by atoms with Crippen molar-refractivity contribution in [2.75, 3.05) is 0 Å². The van der Waals surface area contributed by atoms with E-state index < -0.39 is 64.4 Å². The van der Waals surface area contributed by atoms with Crippen LogP contribution in [0.5, 0.6) is 86.2 Å². The summed E-state index contributed by atoms with van der Waals surface area (Å²) >= 11 is 0. The maximum Gasteiger partial charge on any atom is 0.343 e. The minimum Gasteiger partial charge on any atom is -0.485 e. The fourth-order valence-corrected chi connectivity index (χ4v) is 16.7. The second kappa shape index (κ2) is 33.1. The molecule has 0 saturated carbocycles. The Balaban J connectivity index is 0.681. The molecule has 21 rings (SSSR count). The predicted molar refractivity (Wildman–Crippen MR) is 483 cm³/mol. The van der Waals surface area contributed by atoms with Crippen LogP contribution in [0.4, 0.5) is 0 Å². The van der Waals surface area contributed by atoms with Gasteiger partial charge in [-0.2, -0.15) is 0 Å². The highest BCUT2D eigenvalue weighted by molar-refractivity contribution is 5.99. The molecular formula is C111H76O21. The molecule has 21 heteroatoms. The molecule has 21 nitrogen and oxygen atoms in total. The molecule has 0 amide bonds. The van der Waals surface area contributed by atoms with Gasteiger partial charge in [-0.05, 0) is 87.0 Å². The van der Waals surface area contributed by atoms with E-state index in [1.54, 1.807) is 118 Å². The predicted octanol–water partition coefficient (Wildman–Crippen LogP) is 22.5. The molecule has 0 spiro atoms. The Morgan fingerprint density at radius 3 is 0.591 bits per heavy atom. The molecule has 0 aromatic heterocycles. The van der Waals surface area contributed by atoms with E-state index in [1.165, 1.54) is 60.7 Å². The highest BCUT2D eigenvalue weighted by Gasteiger charge is 2.54. The SMILES string of the molecule is CC(C)(C)OC(=O)c1cc(OC(=O)c2cc(OC(=O)c3cc(OC(=O)c4cc(OC(=O)c5cc(OCc6ccccc6)c6c(c5)OC(c5ccccc5)(c5ccccc5)O6)c5c(c4)OC(c4ccccc4)(c4ccccc4)O5)c4c(c3)OC(c3ccccc3)(c3ccccc3)O4)c3c(c2)OC(c2ccccc2)(c2ccccc2)O3)c2c(c1)OC(c1ccccc1)(c1ccccc1)O2. The van der Waals surface area contributed by atoms with Crippen LogP contribution in [0.1, 0.15) is 134 Å². The van der Waals surface area contributed by atoms with Crippen molar-refractivity contribution in [3.8, 4) is 86.2 Å². The first-order valence-corrected chi connectivity index (χ1v) is 42.5. The van der Waals surface area contributed by atoms with E-state index in [0.29, 0.717) is 55.6 Å². The number of benzene rings is 16. The van der Waals surface area contributed by atoms with E-state index in [9.17, 15) is 4.79 Å². The number of ether oxygens (including phenoxy) is 16. The third-order valence-corrected chi connectivity index (χ3v) is 22.8. The van der Waals surface area contributed by atoms with Crippen molar-refractivity contribution in [3.05, 3.63) is 483 Å². The van der Waals surface area contributed by atoms with E-state index in [4.69, 9.17) is 75.8 Å². The van der Waals surface area contributed by atoms with Crippen molar-refractivity contribution in [1.29, 1.82) is 0 Å². The Morgan fingerprint density at radius 1 is 0.220 bits per heavy atom. The first kappa shape index (κ1) is 81.7. The van der Waals surface area contributed by atoms with Crippen molar-refractivity contribution in [2.24, 2.45) is 0 Å². The molecule has 0 aliphatic carbocycles. The van der Waals surface area contributed by atoms with Gasteiger partial charge in [-0.25, -0.2) is 24.0 Å². The topological polar surface area (TPSA) is 233 Å². The number of fused-ring (bicyclic) bond motifs is 5. The quantitative estimate of drug-likeness (QED) is 0.0453. The van der Waals surface area contributed by atoms with Gasteiger partial charge in [-0.1, -0.05) is 334 Å². The van der Waals surface area contributed by atoms with Gasteiger partial charge >= 0.3 is 58.8 Å². The Hall–Kier alpha value is -17.3. The number of carbonyl (C=O) groups excluding carboxylic acids is 5. The van der Waals surface area contributed by atoms with Crippen LogP contribution in [0, 0.1) is 0 Å². The molecule has 0 bridgehead atoms. The Kier molecular flexibility index (Phi) is 20.5. The number of hydrogen-bond acceptors (Lipinski definition) is 21. The third kappa shape index (κ3) is 14.9. The zero-order valence-electron chi connectivity index (χ0n) is 70.8. The van der Waals surface area contributed by atoms with Gasteiger partial charge in [-0.15, -0.1) is 0 Å². The van der Waals surface area contributed by atoms with Crippen molar-refractivity contribution in [2.45, 2.75) is 61.9 Å². The number of rotatable bonds is 22. The van der Waals surface area contributed by atoms with E-state index in [0.717, 1.165) is 5.56 Å². The van der Waals surface area contributed by atoms with Gasteiger partial charge in [0.05, 0.1) is 27.8 Å². The lowest BCUT2D eigenvalue weighted by Gasteiger charge is -2.28. The van der Waals surface area contributed by atoms with Crippen LogP contribution in [0.25, 0.3) is 0 Å². The summed E-state index contributed by atoms with van der Waals surface area (Å²) in [6.45, 7) is 5.22. The van der Waals surface area contributed by atoms with Crippen molar-refractivity contribution >= 4 is 29.8 Å². The Labute approximate surface area is 756 Å². The maximum absolute atomic E-state index is 16.1. The minimum absolute atomic E-state index is 0.0351. The van der Waals surface area contributed by atoms with Gasteiger partial charge in [0.1, 0.15) is 12.2 Å². The van der Waals surface area contributed by atoms with Crippen LogP contribution in [0.2, 0.25) is 0 Å². The van der Waals surface area contributed by atoms with Gasteiger partial charge < -0.3 is 75.8 Å². The minimum atomic E-state index is -1.83. The largest absolute Gasteiger partial charge is 0.485 e. The molecular weight excluding hydrogens is 1670 g/mol. The van der Waals surface area contributed by atoms with Crippen molar-refractivity contribution in [3.63, 3.8) is 0 Å². The molecule has 0 atom stereocenters. The summed E-state index contributed by atoms with van der Waals surface area (Å²) in [7, 11) is 0. The van der Waals surface area contributed by atoms with Crippen molar-refractivity contribution < 1.29 is 99.8 Å². The summed E-state index contributed by atoms with van der Waals surface area (Å²) in [6, 6.07) is 115. The molecule has 132 heavy (non-hydrogen) atoms. The first-order valence-electron chi connectivity index (χ1n) is 42.5. The molecule has 0 saturated heterocycles. The van der Waals surface area contributed by atoms with Crippen LogP contribution in [0.15, 0.2) is 394 Å². The number of esters is 5. The van der Waals surface area contributed by atoms with Crippen LogP contribution in [-0.2, 0) is 40.3 Å². The number of carbonyl (C=O) groups is 5. The van der Waals surface area contributed by atoms with Gasteiger partial charge in [0.25, 0.3) is 0 Å². The van der Waals surface area contributed by atoms with E-state index in [2.05, 4.69) is 0 Å². The fraction of sp³-hybridized carbons (Fsp3) is 0.0901. The molecule has 16 aromatic rings. The zero-order chi connectivity index (χ0) is 89.8. The molecule has 5 aliphatic heterocycles. The Morgan fingerprint density at radius 2 is 0.394 bits per heavy atom. The van der Waals surface area contributed by atoms with E-state index >= 15 is 19.2 Å². The molecule has 0 radical (unpaired) electrons. The second-order valence-electron chi connectivity index (χ2n) is 32.6. The molecule has 646 valence electrons. The van der Waals surface area contributed by atoms with Crippen LogP contribution in [0.3, 0.4) is 0 Å². The highest BCUT2D eigenvalue weighted by Crippen LogP contribution is 2.60. The summed E-state index contributed by atoms with van der Waals surface area (Å²) in [5.74, 6) is -15.2. The summed E-state index contributed by atoms with van der Waals surface area (Å²) in [5.41, 5.74) is 4.34. The molecule has 5 aliphatic rings. The van der Waals surface area contributed by atoms with E-state index in [-0.39, 0.29) is 121 Å². The average molecular weight is 1750 g/mol. The van der Waals surface area contributed by atoms with Crippen molar-refractivity contribution in [1.82, 2.24) is 0 Å². The second-order valence-corrected chi connectivity index (χ2v) is 32.6. The lowest BCUT2D eigenvalue weighted by Crippen LogP contribution is -2.36. The van der Waals surface area contributed by atoms with E-state index in [1.807, 2.05) is 237 Å². The van der Waals surface area contributed by atoms with Gasteiger partial charge in [0.15, 0.2) is 57.5 Å². The highest BCUT2D eigenvalue weighted by atomic mass is 16.8. The summed E-state index contributed by atoms with van der Waals surface area (Å²) in [6.07, 6.45) is 0. The van der Waals surface area contributed by atoms with Crippen LogP contribution < -0.4 is 71.1 Å². The third-order valence-electron chi connectivity index (χ3n) is 22.8. The van der Waals surface area contributed by atoms with Crippen LogP contribution in [-0.4, -0.2) is 35.4 Å². The molecule has 0 unspecified atom stereocenters. The molecule has 16 aromatic carbocycles. The Bertz CT molecular complexity index is 6920. The number of hydrogen-bond donors (Lipinski definition) is 0. The summed E-state index contributed by atoms with van der Waals surface area (Å²) in [4.78, 5) is 77.9. The fourth-order valence-electron chi connectivity index (χ4n) is 16.7.